The average molecular weight is 275 g/mol. The molecule has 0 N–H and O–H groups in total. The molecule has 0 bridgehead atoms. The lowest BCUT2D eigenvalue weighted by Gasteiger charge is -2.07. The Labute approximate surface area is 114 Å². The van der Waals surface area contributed by atoms with Gasteiger partial charge in [0.1, 0.15) is 0 Å². The number of nitrogens with zero attached hydrogens (tertiary/aromatic N) is 2. The van der Waals surface area contributed by atoms with Gasteiger partial charge in [-0.2, -0.15) is 0 Å². The minimum absolute atomic E-state index is 0.596. The molecule has 18 heavy (non-hydrogen) atoms. The number of hydrogen-bond donors (Lipinski definition) is 0. The van der Waals surface area contributed by atoms with Gasteiger partial charge in [-0.25, -0.2) is 4.98 Å². The summed E-state index contributed by atoms with van der Waals surface area (Å²) in [6, 6.07) is 11.2. The Morgan fingerprint density at radius 1 is 0.889 bits per heavy atom. The molecule has 3 rings (SSSR count). The molecule has 0 spiro atoms. The number of rotatable bonds is 1. The second-order valence-electron chi connectivity index (χ2n) is 3.86. The first-order valence-electron chi connectivity index (χ1n) is 5.41. The van der Waals surface area contributed by atoms with Gasteiger partial charge < -0.3 is 0 Å². The molecule has 0 saturated heterocycles. The third kappa shape index (κ3) is 1.94. The molecule has 0 saturated carbocycles. The van der Waals surface area contributed by atoms with Crippen molar-refractivity contribution >= 4 is 34.1 Å². The highest BCUT2D eigenvalue weighted by atomic mass is 35.5. The molecule has 0 aliphatic heterocycles. The van der Waals surface area contributed by atoms with Crippen molar-refractivity contribution < 1.29 is 0 Å². The first-order valence-corrected chi connectivity index (χ1v) is 6.16. The molecule has 0 unspecified atom stereocenters. The zero-order valence-electron chi connectivity index (χ0n) is 9.27. The normalized spacial score (nSPS) is 10.8. The number of pyridine rings is 2. The number of aromatic nitrogens is 2. The number of hydrogen-bond acceptors (Lipinski definition) is 2. The van der Waals surface area contributed by atoms with E-state index in [4.69, 9.17) is 23.2 Å². The van der Waals surface area contributed by atoms with Crippen LogP contribution in [-0.4, -0.2) is 9.97 Å². The highest BCUT2D eigenvalue weighted by Gasteiger charge is 2.09. The second-order valence-corrected chi connectivity index (χ2v) is 4.68. The van der Waals surface area contributed by atoms with E-state index in [2.05, 4.69) is 9.97 Å². The topological polar surface area (TPSA) is 25.8 Å². The summed E-state index contributed by atoms with van der Waals surface area (Å²) in [4.78, 5) is 8.60. The van der Waals surface area contributed by atoms with E-state index in [0.717, 1.165) is 22.2 Å². The van der Waals surface area contributed by atoms with E-state index in [0.29, 0.717) is 10.0 Å². The van der Waals surface area contributed by atoms with Gasteiger partial charge in [0, 0.05) is 17.1 Å². The maximum atomic E-state index is 6.18. The van der Waals surface area contributed by atoms with Crippen LogP contribution in [-0.2, 0) is 0 Å². The van der Waals surface area contributed by atoms with Crippen molar-refractivity contribution in [1.82, 2.24) is 9.97 Å². The maximum Gasteiger partial charge on any atom is 0.0892 e. The van der Waals surface area contributed by atoms with E-state index in [1.54, 1.807) is 24.5 Å². The van der Waals surface area contributed by atoms with Gasteiger partial charge in [-0.3, -0.25) is 4.98 Å². The Balaban J connectivity index is 2.26. The van der Waals surface area contributed by atoms with Crippen LogP contribution < -0.4 is 0 Å². The lowest BCUT2D eigenvalue weighted by atomic mass is 10.1. The Morgan fingerprint density at radius 2 is 1.67 bits per heavy atom. The van der Waals surface area contributed by atoms with Crippen LogP contribution in [0.4, 0.5) is 0 Å². The molecule has 0 aliphatic rings. The van der Waals surface area contributed by atoms with Crippen molar-refractivity contribution in [2.45, 2.75) is 0 Å². The Bertz CT molecular complexity index is 706. The first-order chi connectivity index (χ1) is 8.75. The summed E-state index contributed by atoms with van der Waals surface area (Å²) in [5, 5.41) is 2.23. The molecule has 2 aromatic heterocycles. The predicted octanol–water partition coefficient (Wildman–Crippen LogP) is 4.60. The first kappa shape index (κ1) is 11.5. The quantitative estimate of drug-likeness (QED) is 0.648. The van der Waals surface area contributed by atoms with E-state index >= 15 is 0 Å². The van der Waals surface area contributed by atoms with Crippen LogP contribution in [0.25, 0.3) is 22.2 Å². The van der Waals surface area contributed by atoms with Crippen molar-refractivity contribution in [3.05, 3.63) is 58.8 Å². The van der Waals surface area contributed by atoms with Crippen LogP contribution in [0.15, 0.2) is 48.8 Å². The molecule has 0 atom stereocenters. The van der Waals surface area contributed by atoms with Crippen molar-refractivity contribution in [3.63, 3.8) is 0 Å². The Morgan fingerprint density at radius 3 is 2.44 bits per heavy atom. The fourth-order valence-corrected chi connectivity index (χ4v) is 2.44. The van der Waals surface area contributed by atoms with Gasteiger partial charge in [-0.1, -0.05) is 35.3 Å². The molecule has 0 amide bonds. The lowest BCUT2D eigenvalue weighted by Crippen LogP contribution is -1.88. The minimum atomic E-state index is 0.596. The molecule has 2 nitrogen and oxygen atoms in total. The molecule has 3 aromatic rings. The number of benzene rings is 1. The smallest absolute Gasteiger partial charge is 0.0892 e. The predicted molar refractivity (Wildman–Crippen MR) is 75.0 cm³/mol. The van der Waals surface area contributed by atoms with E-state index < -0.39 is 0 Å². The summed E-state index contributed by atoms with van der Waals surface area (Å²) in [5.41, 5.74) is 2.34. The minimum Gasteiger partial charge on any atom is -0.262 e. The summed E-state index contributed by atoms with van der Waals surface area (Å²) in [5.74, 6) is 0. The van der Waals surface area contributed by atoms with Crippen molar-refractivity contribution in [2.75, 3.05) is 0 Å². The van der Waals surface area contributed by atoms with Crippen LogP contribution in [0.2, 0.25) is 10.0 Å². The van der Waals surface area contributed by atoms with Gasteiger partial charge in [0.25, 0.3) is 0 Å². The largest absolute Gasteiger partial charge is 0.262 e. The molecule has 0 fully saturated rings. The molecule has 1 aromatic carbocycles. The molecule has 2 heterocycles. The molecule has 0 radical (unpaired) electrons. The summed E-state index contributed by atoms with van der Waals surface area (Å²) in [6.45, 7) is 0. The van der Waals surface area contributed by atoms with Gasteiger partial charge in [-0.05, 0) is 24.3 Å². The second kappa shape index (κ2) is 4.56. The number of halogens is 2. The van der Waals surface area contributed by atoms with E-state index in [9.17, 15) is 0 Å². The van der Waals surface area contributed by atoms with E-state index in [1.807, 2.05) is 24.3 Å². The summed E-state index contributed by atoms with van der Waals surface area (Å²) in [7, 11) is 0. The van der Waals surface area contributed by atoms with Crippen LogP contribution in [0, 0.1) is 0 Å². The average Bonchev–Trinajstić information content (AvgIpc) is 2.38. The summed E-state index contributed by atoms with van der Waals surface area (Å²) >= 11 is 12.4. The summed E-state index contributed by atoms with van der Waals surface area (Å²) < 4.78 is 0. The van der Waals surface area contributed by atoms with Gasteiger partial charge in [0.15, 0.2) is 0 Å². The monoisotopic (exact) mass is 274 g/mol. The van der Waals surface area contributed by atoms with E-state index in [-0.39, 0.29) is 0 Å². The third-order valence-electron chi connectivity index (χ3n) is 2.71. The highest BCUT2D eigenvalue weighted by Crippen LogP contribution is 2.33. The highest BCUT2D eigenvalue weighted by molar-refractivity contribution is 6.39. The van der Waals surface area contributed by atoms with Gasteiger partial charge in [-0.15, -0.1) is 0 Å². The van der Waals surface area contributed by atoms with Crippen LogP contribution >= 0.6 is 23.2 Å². The van der Waals surface area contributed by atoms with Crippen LogP contribution in [0.5, 0.6) is 0 Å². The van der Waals surface area contributed by atoms with Crippen molar-refractivity contribution in [2.24, 2.45) is 0 Å². The Hall–Kier alpha value is -1.64. The Kier molecular flexibility index (Phi) is 2.90. The molecule has 88 valence electrons. The van der Waals surface area contributed by atoms with Gasteiger partial charge in [0.2, 0.25) is 0 Å². The van der Waals surface area contributed by atoms with Crippen molar-refractivity contribution in [1.29, 1.82) is 0 Å². The fraction of sp³-hybridized carbons (Fsp3) is 0. The van der Waals surface area contributed by atoms with Gasteiger partial charge >= 0.3 is 0 Å². The van der Waals surface area contributed by atoms with E-state index in [1.165, 1.54) is 0 Å². The van der Waals surface area contributed by atoms with Crippen LogP contribution in [0.3, 0.4) is 0 Å². The van der Waals surface area contributed by atoms with Crippen molar-refractivity contribution in [3.8, 4) is 11.3 Å². The lowest BCUT2D eigenvalue weighted by molar-refractivity contribution is 1.31. The SMILES string of the molecule is Clc1cccc(Cl)c1-c1ccc2ccncc2n1. The fourth-order valence-electron chi connectivity index (χ4n) is 1.85. The number of fused-ring (bicyclic) bond motifs is 1. The van der Waals surface area contributed by atoms with Gasteiger partial charge in [0.05, 0.1) is 27.5 Å². The zero-order chi connectivity index (χ0) is 12.5. The molecule has 4 heteroatoms. The molecular formula is C14H8Cl2N2. The third-order valence-corrected chi connectivity index (χ3v) is 3.34. The standard InChI is InChI=1S/C14H8Cl2N2/c15-10-2-1-3-11(16)14(10)12-5-4-9-6-7-17-8-13(9)18-12/h1-8H. The molecule has 0 aliphatic carbocycles. The zero-order valence-corrected chi connectivity index (χ0v) is 10.8. The summed E-state index contributed by atoms with van der Waals surface area (Å²) in [6.07, 6.45) is 3.47. The van der Waals surface area contributed by atoms with Crippen LogP contribution in [0.1, 0.15) is 0 Å². The maximum absolute atomic E-state index is 6.18. The molecular weight excluding hydrogens is 267 g/mol.